The number of fused-ring (bicyclic) bond motifs is 2. The van der Waals surface area contributed by atoms with Crippen molar-refractivity contribution in [3.05, 3.63) is 71.3 Å². The van der Waals surface area contributed by atoms with Crippen LogP contribution in [0.15, 0.2) is 55.1 Å². The normalized spacial score (nSPS) is 10.7. The second-order valence-corrected chi connectivity index (χ2v) is 5.95. The minimum Gasteiger partial charge on any atom is -0.343 e. The van der Waals surface area contributed by atoms with Gasteiger partial charge in [-0.1, -0.05) is 31.5 Å². The molecule has 0 spiro atoms. The molecule has 1 aromatic carbocycles. The molecule has 0 bridgehead atoms. The van der Waals surface area contributed by atoms with Crippen LogP contribution >= 0.6 is 11.6 Å². The summed E-state index contributed by atoms with van der Waals surface area (Å²) in [5.41, 5.74) is 4.64. The standard InChI is InChI=1S/C18H14ClN3.C2H6/c1-12-10-22(18-4-5-20-9-16(12)18)11-13-2-3-17-14(6-13)7-15(19)8-21-17;1-2/h2-10H,11H2,1H3;1-2H3. The summed E-state index contributed by atoms with van der Waals surface area (Å²) in [7, 11) is 0. The molecule has 0 atom stereocenters. The first-order valence-corrected chi connectivity index (χ1v) is 8.52. The predicted molar refractivity (Wildman–Crippen MR) is 102 cm³/mol. The van der Waals surface area contributed by atoms with Crippen molar-refractivity contribution in [1.82, 2.24) is 14.5 Å². The van der Waals surface area contributed by atoms with Gasteiger partial charge in [0.25, 0.3) is 0 Å². The second kappa shape index (κ2) is 7.02. The van der Waals surface area contributed by atoms with E-state index in [0.717, 1.165) is 17.4 Å². The lowest BCUT2D eigenvalue weighted by molar-refractivity contribution is 0.835. The molecule has 0 amide bonds. The Kier molecular flexibility index (Phi) is 4.81. The van der Waals surface area contributed by atoms with E-state index in [-0.39, 0.29) is 0 Å². The van der Waals surface area contributed by atoms with E-state index in [1.54, 1.807) is 6.20 Å². The van der Waals surface area contributed by atoms with Crippen LogP contribution in [-0.2, 0) is 6.54 Å². The Hall–Kier alpha value is -2.39. The van der Waals surface area contributed by atoms with Gasteiger partial charge in [0.1, 0.15) is 0 Å². The highest BCUT2D eigenvalue weighted by Crippen LogP contribution is 2.22. The Morgan fingerprint density at radius 2 is 1.92 bits per heavy atom. The number of aryl methyl sites for hydroxylation is 1. The fourth-order valence-electron chi connectivity index (χ4n) is 2.89. The van der Waals surface area contributed by atoms with E-state index >= 15 is 0 Å². The third-order valence-electron chi connectivity index (χ3n) is 3.95. The van der Waals surface area contributed by atoms with Crippen LogP contribution in [0.4, 0.5) is 0 Å². The van der Waals surface area contributed by atoms with Gasteiger partial charge in [0, 0.05) is 42.1 Å². The van der Waals surface area contributed by atoms with Crippen molar-refractivity contribution in [2.75, 3.05) is 0 Å². The molecule has 3 aromatic heterocycles. The number of halogens is 1. The highest BCUT2D eigenvalue weighted by atomic mass is 35.5. The maximum absolute atomic E-state index is 6.04. The molecule has 4 heteroatoms. The monoisotopic (exact) mass is 337 g/mol. The maximum Gasteiger partial charge on any atom is 0.0703 e. The molecule has 3 heterocycles. The number of hydrogen-bond acceptors (Lipinski definition) is 2. The fraction of sp³-hybridized carbons (Fsp3) is 0.200. The van der Waals surface area contributed by atoms with Crippen LogP contribution in [0.2, 0.25) is 5.02 Å². The lowest BCUT2D eigenvalue weighted by Gasteiger charge is -2.07. The second-order valence-electron chi connectivity index (χ2n) is 5.51. The zero-order valence-corrected chi connectivity index (χ0v) is 14.9. The number of benzene rings is 1. The summed E-state index contributed by atoms with van der Waals surface area (Å²) < 4.78 is 2.26. The summed E-state index contributed by atoms with van der Waals surface area (Å²) in [6, 6.07) is 10.3. The van der Waals surface area contributed by atoms with Gasteiger partial charge in [0.2, 0.25) is 0 Å². The topological polar surface area (TPSA) is 30.7 Å². The van der Waals surface area contributed by atoms with Crippen molar-refractivity contribution in [3.63, 3.8) is 0 Å². The summed E-state index contributed by atoms with van der Waals surface area (Å²) >= 11 is 6.04. The molecule has 0 fully saturated rings. The summed E-state index contributed by atoms with van der Waals surface area (Å²) in [5, 5.41) is 2.94. The van der Waals surface area contributed by atoms with E-state index in [1.807, 2.05) is 38.4 Å². The van der Waals surface area contributed by atoms with Gasteiger partial charge < -0.3 is 4.57 Å². The van der Waals surface area contributed by atoms with E-state index in [9.17, 15) is 0 Å². The first-order valence-electron chi connectivity index (χ1n) is 8.14. The summed E-state index contributed by atoms with van der Waals surface area (Å²) in [6.45, 7) is 6.93. The minimum absolute atomic E-state index is 0.665. The van der Waals surface area contributed by atoms with Gasteiger partial charge in [-0.05, 0) is 42.3 Å². The summed E-state index contributed by atoms with van der Waals surface area (Å²) in [6.07, 6.45) is 7.61. The summed E-state index contributed by atoms with van der Waals surface area (Å²) in [4.78, 5) is 8.54. The molecule has 0 aliphatic rings. The molecule has 0 radical (unpaired) electrons. The van der Waals surface area contributed by atoms with E-state index in [0.29, 0.717) is 5.02 Å². The Bertz CT molecular complexity index is 989. The molecular formula is C20H20ClN3. The molecule has 3 nitrogen and oxygen atoms in total. The minimum atomic E-state index is 0.665. The van der Waals surface area contributed by atoms with E-state index in [4.69, 9.17) is 11.6 Å². The largest absolute Gasteiger partial charge is 0.343 e. The molecule has 0 saturated heterocycles. The van der Waals surface area contributed by atoms with Crippen molar-refractivity contribution in [2.24, 2.45) is 0 Å². The zero-order valence-electron chi connectivity index (χ0n) is 14.1. The van der Waals surface area contributed by atoms with E-state index in [1.165, 1.54) is 22.0 Å². The quantitative estimate of drug-likeness (QED) is 0.475. The van der Waals surface area contributed by atoms with E-state index in [2.05, 4.69) is 45.9 Å². The number of hydrogen-bond donors (Lipinski definition) is 0. The molecule has 24 heavy (non-hydrogen) atoms. The molecule has 0 aliphatic carbocycles. The molecule has 4 aromatic rings. The van der Waals surface area contributed by atoms with Crippen molar-refractivity contribution in [2.45, 2.75) is 27.3 Å². The lowest BCUT2D eigenvalue weighted by atomic mass is 10.1. The van der Waals surface area contributed by atoms with Crippen LogP contribution < -0.4 is 0 Å². The SMILES string of the molecule is CC.Cc1cn(Cc2ccc3ncc(Cl)cc3c2)c2ccncc12. The third kappa shape index (κ3) is 3.13. The fourth-order valence-corrected chi connectivity index (χ4v) is 3.06. The maximum atomic E-state index is 6.04. The molecule has 0 unspecified atom stereocenters. The molecule has 0 N–H and O–H groups in total. The van der Waals surface area contributed by atoms with Crippen LogP contribution in [0.1, 0.15) is 25.0 Å². The Balaban J connectivity index is 0.000000815. The van der Waals surface area contributed by atoms with Gasteiger partial charge in [-0.15, -0.1) is 0 Å². The van der Waals surface area contributed by atoms with Crippen molar-refractivity contribution in [1.29, 1.82) is 0 Å². The van der Waals surface area contributed by atoms with Crippen LogP contribution in [0, 0.1) is 6.92 Å². The lowest BCUT2D eigenvalue weighted by Crippen LogP contribution is -1.98. The van der Waals surface area contributed by atoms with Crippen LogP contribution in [0.25, 0.3) is 21.8 Å². The first-order chi connectivity index (χ1) is 11.7. The molecule has 4 rings (SSSR count). The van der Waals surface area contributed by atoms with Gasteiger partial charge in [0.15, 0.2) is 0 Å². The molecule has 0 aliphatic heterocycles. The number of pyridine rings is 2. The first kappa shape index (κ1) is 16.5. The van der Waals surface area contributed by atoms with Gasteiger partial charge in [-0.3, -0.25) is 9.97 Å². The number of rotatable bonds is 2. The smallest absolute Gasteiger partial charge is 0.0703 e. The van der Waals surface area contributed by atoms with Gasteiger partial charge in [-0.25, -0.2) is 0 Å². The molecule has 122 valence electrons. The molecular weight excluding hydrogens is 318 g/mol. The highest BCUT2D eigenvalue weighted by molar-refractivity contribution is 6.31. The Labute approximate surface area is 146 Å². The Morgan fingerprint density at radius 1 is 1.08 bits per heavy atom. The van der Waals surface area contributed by atoms with Crippen molar-refractivity contribution < 1.29 is 0 Å². The average Bonchev–Trinajstić information content (AvgIpc) is 2.93. The Morgan fingerprint density at radius 3 is 2.75 bits per heavy atom. The van der Waals surface area contributed by atoms with Crippen LogP contribution in [0.5, 0.6) is 0 Å². The average molecular weight is 338 g/mol. The third-order valence-corrected chi connectivity index (χ3v) is 4.15. The summed E-state index contributed by atoms with van der Waals surface area (Å²) in [5.74, 6) is 0. The van der Waals surface area contributed by atoms with Gasteiger partial charge in [0.05, 0.1) is 16.1 Å². The van der Waals surface area contributed by atoms with Gasteiger partial charge in [-0.2, -0.15) is 0 Å². The highest BCUT2D eigenvalue weighted by Gasteiger charge is 2.06. The van der Waals surface area contributed by atoms with Crippen molar-refractivity contribution >= 4 is 33.4 Å². The van der Waals surface area contributed by atoms with Crippen LogP contribution in [0.3, 0.4) is 0 Å². The van der Waals surface area contributed by atoms with E-state index < -0.39 is 0 Å². The van der Waals surface area contributed by atoms with Gasteiger partial charge >= 0.3 is 0 Å². The van der Waals surface area contributed by atoms with Crippen molar-refractivity contribution in [3.8, 4) is 0 Å². The van der Waals surface area contributed by atoms with Crippen LogP contribution in [-0.4, -0.2) is 14.5 Å². The number of nitrogens with zero attached hydrogens (tertiary/aromatic N) is 3. The zero-order chi connectivity index (χ0) is 17.1. The predicted octanol–water partition coefficient (Wildman–Crippen LogP) is 5.62. The number of aromatic nitrogens is 3. The molecule has 0 saturated carbocycles.